The summed E-state index contributed by atoms with van der Waals surface area (Å²) in [5.41, 5.74) is 0.241. The Labute approximate surface area is 146 Å². The van der Waals surface area contributed by atoms with Crippen LogP contribution >= 0.6 is 0 Å². The van der Waals surface area contributed by atoms with E-state index in [2.05, 4.69) is 20.6 Å². The van der Waals surface area contributed by atoms with Gasteiger partial charge in [-0.3, -0.25) is 4.79 Å². The number of carbonyl (C=O) groups excluding carboxylic acids is 1. The highest BCUT2D eigenvalue weighted by atomic mass is 16.5. The second-order valence-corrected chi connectivity index (χ2v) is 6.71. The van der Waals surface area contributed by atoms with Crippen molar-refractivity contribution in [3.8, 4) is 5.75 Å². The number of tetrazole rings is 1. The molecule has 0 unspecified atom stereocenters. The van der Waals surface area contributed by atoms with Crippen LogP contribution in [0.2, 0.25) is 0 Å². The number of aromatic nitrogens is 4. The van der Waals surface area contributed by atoms with E-state index in [1.165, 1.54) is 0 Å². The van der Waals surface area contributed by atoms with E-state index in [0.717, 1.165) is 16.5 Å². The predicted octanol–water partition coefficient (Wildman–Crippen LogP) is 2.41. The number of hydrogen-bond donors (Lipinski definition) is 1. The van der Waals surface area contributed by atoms with Gasteiger partial charge in [-0.2, -0.15) is 5.21 Å². The third kappa shape index (κ3) is 3.45. The zero-order valence-corrected chi connectivity index (χ0v) is 14.8. The number of nitrogens with one attached hydrogen (secondary N) is 1. The molecule has 1 aromatic heterocycles. The van der Waals surface area contributed by atoms with E-state index in [9.17, 15) is 4.79 Å². The number of aromatic amines is 1. The molecular formula is C18H21N5O2. The summed E-state index contributed by atoms with van der Waals surface area (Å²) >= 11 is 0. The van der Waals surface area contributed by atoms with E-state index < -0.39 is 5.41 Å². The maximum atomic E-state index is 12.8. The van der Waals surface area contributed by atoms with E-state index in [-0.39, 0.29) is 5.91 Å². The summed E-state index contributed by atoms with van der Waals surface area (Å²) in [5.74, 6) is 1.33. The lowest BCUT2D eigenvalue weighted by atomic mass is 9.91. The van der Waals surface area contributed by atoms with E-state index in [4.69, 9.17) is 4.74 Å². The van der Waals surface area contributed by atoms with Gasteiger partial charge in [0.05, 0.1) is 7.11 Å². The Hall–Kier alpha value is -2.96. The van der Waals surface area contributed by atoms with Crippen LogP contribution in [0.3, 0.4) is 0 Å². The minimum absolute atomic E-state index is 0.0470. The molecule has 3 rings (SSSR count). The Morgan fingerprint density at radius 1 is 1.20 bits per heavy atom. The molecule has 25 heavy (non-hydrogen) atoms. The van der Waals surface area contributed by atoms with Crippen LogP contribution in [0.1, 0.15) is 30.0 Å². The minimum Gasteiger partial charge on any atom is -0.497 e. The first kappa shape index (κ1) is 16.9. The molecule has 0 bridgehead atoms. The van der Waals surface area contributed by atoms with Crippen LogP contribution in [0.5, 0.6) is 5.75 Å². The number of likely N-dealkylation sites (N-methyl/N-ethyl adjacent to an activating group) is 1. The lowest BCUT2D eigenvalue weighted by molar-refractivity contribution is 0.0765. The number of amides is 1. The number of carbonyl (C=O) groups is 1. The quantitative estimate of drug-likeness (QED) is 0.772. The van der Waals surface area contributed by atoms with Crippen LogP contribution < -0.4 is 4.74 Å². The first-order valence-corrected chi connectivity index (χ1v) is 7.98. The van der Waals surface area contributed by atoms with E-state index in [1.54, 1.807) is 19.1 Å². The summed E-state index contributed by atoms with van der Waals surface area (Å²) in [6.45, 7) is 4.44. The molecule has 1 amide bonds. The smallest absolute Gasteiger partial charge is 0.253 e. The Bertz CT molecular complexity index is 890. The van der Waals surface area contributed by atoms with Gasteiger partial charge >= 0.3 is 0 Å². The van der Waals surface area contributed by atoms with Crippen LogP contribution in [0, 0.1) is 0 Å². The summed E-state index contributed by atoms with van der Waals surface area (Å²) in [6, 6.07) is 11.5. The molecule has 0 aliphatic heterocycles. The lowest BCUT2D eigenvalue weighted by Gasteiger charge is -2.27. The van der Waals surface area contributed by atoms with Gasteiger partial charge < -0.3 is 9.64 Å². The topological polar surface area (TPSA) is 84.0 Å². The summed E-state index contributed by atoms with van der Waals surface area (Å²) < 4.78 is 5.23. The average Bonchev–Trinajstić information content (AvgIpc) is 3.15. The largest absolute Gasteiger partial charge is 0.497 e. The zero-order chi connectivity index (χ0) is 18.0. The SMILES string of the molecule is COc1ccc2cc(C(=O)N(C)CC(C)(C)c3nn[nH]n3)ccc2c1. The fourth-order valence-corrected chi connectivity index (χ4v) is 2.89. The summed E-state index contributed by atoms with van der Waals surface area (Å²) in [4.78, 5) is 14.5. The van der Waals surface area contributed by atoms with Crippen LogP contribution in [-0.4, -0.2) is 52.1 Å². The van der Waals surface area contributed by atoms with Crippen LogP contribution in [0.25, 0.3) is 10.8 Å². The monoisotopic (exact) mass is 339 g/mol. The molecule has 0 aliphatic carbocycles. The zero-order valence-electron chi connectivity index (χ0n) is 14.8. The lowest BCUT2D eigenvalue weighted by Crippen LogP contribution is -2.39. The molecule has 0 spiro atoms. The second-order valence-electron chi connectivity index (χ2n) is 6.71. The fourth-order valence-electron chi connectivity index (χ4n) is 2.89. The molecule has 0 radical (unpaired) electrons. The molecule has 0 saturated carbocycles. The second kappa shape index (κ2) is 6.51. The molecule has 130 valence electrons. The number of ether oxygens (including phenoxy) is 1. The number of benzene rings is 2. The molecule has 0 fully saturated rings. The van der Waals surface area contributed by atoms with Crippen molar-refractivity contribution in [2.75, 3.05) is 20.7 Å². The van der Waals surface area contributed by atoms with Crippen molar-refractivity contribution >= 4 is 16.7 Å². The van der Waals surface area contributed by atoms with E-state index in [1.807, 2.05) is 50.2 Å². The highest BCUT2D eigenvalue weighted by Gasteiger charge is 2.29. The molecule has 1 heterocycles. The Morgan fingerprint density at radius 3 is 2.60 bits per heavy atom. The molecule has 1 N–H and O–H groups in total. The maximum absolute atomic E-state index is 12.8. The molecule has 2 aromatic carbocycles. The highest BCUT2D eigenvalue weighted by Crippen LogP contribution is 2.24. The fraction of sp³-hybridized carbons (Fsp3) is 0.333. The van der Waals surface area contributed by atoms with Gasteiger partial charge in [0.15, 0.2) is 5.82 Å². The number of hydrogen-bond acceptors (Lipinski definition) is 5. The molecule has 0 saturated heterocycles. The third-order valence-electron chi connectivity index (χ3n) is 4.22. The normalized spacial score (nSPS) is 11.5. The van der Waals surface area contributed by atoms with Gasteiger partial charge in [0.2, 0.25) is 0 Å². The van der Waals surface area contributed by atoms with Gasteiger partial charge in [-0.25, -0.2) is 0 Å². The molecule has 7 nitrogen and oxygen atoms in total. The van der Waals surface area contributed by atoms with Crippen molar-refractivity contribution in [3.05, 3.63) is 47.8 Å². The summed E-state index contributed by atoms with van der Waals surface area (Å²) in [6.07, 6.45) is 0. The summed E-state index contributed by atoms with van der Waals surface area (Å²) in [7, 11) is 3.42. The van der Waals surface area contributed by atoms with Gasteiger partial charge in [-0.15, -0.1) is 10.2 Å². The van der Waals surface area contributed by atoms with Gasteiger partial charge in [0, 0.05) is 24.6 Å². The predicted molar refractivity (Wildman–Crippen MR) is 94.7 cm³/mol. The van der Waals surface area contributed by atoms with Gasteiger partial charge in [-0.05, 0) is 35.0 Å². The minimum atomic E-state index is -0.401. The number of H-pyrrole nitrogens is 1. The average molecular weight is 339 g/mol. The highest BCUT2D eigenvalue weighted by molar-refractivity contribution is 5.98. The van der Waals surface area contributed by atoms with Crippen LogP contribution in [-0.2, 0) is 5.41 Å². The number of rotatable bonds is 5. The first-order chi connectivity index (χ1) is 11.9. The van der Waals surface area contributed by atoms with E-state index >= 15 is 0 Å². The van der Waals surface area contributed by atoms with Gasteiger partial charge in [-0.1, -0.05) is 31.2 Å². The van der Waals surface area contributed by atoms with Crippen LogP contribution in [0.15, 0.2) is 36.4 Å². The Morgan fingerprint density at radius 2 is 1.92 bits per heavy atom. The van der Waals surface area contributed by atoms with Crippen molar-refractivity contribution in [2.45, 2.75) is 19.3 Å². The van der Waals surface area contributed by atoms with Crippen molar-refractivity contribution in [1.82, 2.24) is 25.5 Å². The molecular weight excluding hydrogens is 318 g/mol. The summed E-state index contributed by atoms with van der Waals surface area (Å²) in [5, 5.41) is 16.1. The Balaban J connectivity index is 1.81. The molecule has 0 atom stereocenters. The Kier molecular flexibility index (Phi) is 4.39. The molecule has 0 aliphatic rings. The van der Waals surface area contributed by atoms with Gasteiger partial charge in [0.25, 0.3) is 5.91 Å². The van der Waals surface area contributed by atoms with Crippen molar-refractivity contribution in [1.29, 1.82) is 0 Å². The maximum Gasteiger partial charge on any atom is 0.253 e. The number of nitrogens with zero attached hydrogens (tertiary/aromatic N) is 4. The van der Waals surface area contributed by atoms with Crippen molar-refractivity contribution in [2.24, 2.45) is 0 Å². The molecule has 7 heteroatoms. The van der Waals surface area contributed by atoms with E-state index in [0.29, 0.717) is 17.9 Å². The van der Waals surface area contributed by atoms with Crippen LogP contribution in [0.4, 0.5) is 0 Å². The van der Waals surface area contributed by atoms with Gasteiger partial charge in [0.1, 0.15) is 5.75 Å². The standard InChI is InChI=1S/C18H21N5O2/c1-18(2,17-19-21-22-20-17)11-23(3)16(24)14-6-5-13-10-15(25-4)8-7-12(13)9-14/h5-10H,11H2,1-4H3,(H,19,20,21,22). The third-order valence-corrected chi connectivity index (χ3v) is 4.22. The first-order valence-electron chi connectivity index (χ1n) is 7.98. The number of methoxy groups -OCH3 is 1. The molecule has 3 aromatic rings. The van der Waals surface area contributed by atoms with Crippen molar-refractivity contribution in [3.63, 3.8) is 0 Å². The van der Waals surface area contributed by atoms with Crippen molar-refractivity contribution < 1.29 is 9.53 Å². The number of fused-ring (bicyclic) bond motifs is 1.